The number of carbonyl (C=O) groups excluding carboxylic acids is 2. The standard InChI is InChI=1S/C15H8FNO4/c16-10-6-3-7-11(17(20)21)12(10)13-14(18)8-4-1-2-5-9(8)15(13)19/h1-7,13H. The number of hydrogen-bond acceptors (Lipinski definition) is 4. The quantitative estimate of drug-likeness (QED) is 0.483. The molecule has 2 aromatic carbocycles. The summed E-state index contributed by atoms with van der Waals surface area (Å²) in [5.41, 5.74) is -0.682. The molecular formula is C15H8FNO4. The average Bonchev–Trinajstić information content (AvgIpc) is 2.72. The molecule has 0 saturated heterocycles. The van der Waals surface area contributed by atoms with Gasteiger partial charge in [-0.25, -0.2) is 4.39 Å². The first-order chi connectivity index (χ1) is 10.0. The van der Waals surface area contributed by atoms with Crippen molar-refractivity contribution in [2.45, 2.75) is 5.92 Å². The van der Waals surface area contributed by atoms with Crippen LogP contribution in [-0.4, -0.2) is 16.5 Å². The highest BCUT2D eigenvalue weighted by Crippen LogP contribution is 2.39. The number of nitrogens with zero attached hydrogens (tertiary/aromatic N) is 1. The van der Waals surface area contributed by atoms with Crippen LogP contribution in [0.4, 0.5) is 10.1 Å². The first-order valence-corrected chi connectivity index (χ1v) is 6.12. The Labute approximate surface area is 118 Å². The lowest BCUT2D eigenvalue weighted by molar-refractivity contribution is -0.385. The van der Waals surface area contributed by atoms with Crippen molar-refractivity contribution in [1.82, 2.24) is 0 Å². The van der Waals surface area contributed by atoms with Gasteiger partial charge >= 0.3 is 0 Å². The SMILES string of the molecule is O=C1c2ccccc2C(=O)C1c1c(F)cccc1[N+](=O)[O-]. The average molecular weight is 285 g/mol. The van der Waals surface area contributed by atoms with E-state index in [1.54, 1.807) is 12.1 Å². The Balaban J connectivity index is 2.23. The van der Waals surface area contributed by atoms with Gasteiger partial charge in [0.1, 0.15) is 11.7 Å². The van der Waals surface area contributed by atoms with E-state index in [0.717, 1.165) is 12.1 Å². The minimum atomic E-state index is -1.48. The van der Waals surface area contributed by atoms with E-state index in [4.69, 9.17) is 0 Å². The van der Waals surface area contributed by atoms with Crippen LogP contribution in [-0.2, 0) is 0 Å². The molecule has 5 nitrogen and oxygen atoms in total. The van der Waals surface area contributed by atoms with Gasteiger partial charge in [-0.3, -0.25) is 19.7 Å². The Morgan fingerprint density at radius 1 is 0.952 bits per heavy atom. The van der Waals surface area contributed by atoms with E-state index in [9.17, 15) is 24.1 Å². The first kappa shape index (κ1) is 13.1. The lowest BCUT2D eigenvalue weighted by Gasteiger charge is -2.09. The molecule has 104 valence electrons. The minimum Gasteiger partial charge on any atom is -0.293 e. The molecule has 0 atom stereocenters. The van der Waals surface area contributed by atoms with E-state index in [1.807, 2.05) is 0 Å². The van der Waals surface area contributed by atoms with Crippen molar-refractivity contribution in [3.8, 4) is 0 Å². The van der Waals surface area contributed by atoms with E-state index in [1.165, 1.54) is 18.2 Å². The Morgan fingerprint density at radius 2 is 1.52 bits per heavy atom. The van der Waals surface area contributed by atoms with E-state index in [0.29, 0.717) is 0 Å². The molecule has 1 aliphatic rings. The lowest BCUT2D eigenvalue weighted by Crippen LogP contribution is -2.16. The van der Waals surface area contributed by atoms with Crippen LogP contribution in [0.2, 0.25) is 0 Å². The summed E-state index contributed by atoms with van der Waals surface area (Å²) in [5.74, 6) is -3.62. The number of hydrogen-bond donors (Lipinski definition) is 0. The molecule has 21 heavy (non-hydrogen) atoms. The van der Waals surface area contributed by atoms with Crippen LogP contribution in [0.25, 0.3) is 0 Å². The Bertz CT molecular complexity index is 765. The third-order valence-electron chi connectivity index (χ3n) is 3.50. The van der Waals surface area contributed by atoms with E-state index in [2.05, 4.69) is 0 Å². The fraction of sp³-hybridized carbons (Fsp3) is 0.0667. The van der Waals surface area contributed by atoms with Gasteiger partial charge in [0.2, 0.25) is 0 Å². The maximum atomic E-state index is 14.0. The number of carbonyl (C=O) groups is 2. The summed E-state index contributed by atoms with van der Waals surface area (Å²) >= 11 is 0. The van der Waals surface area contributed by atoms with Crippen LogP contribution >= 0.6 is 0 Å². The van der Waals surface area contributed by atoms with Gasteiger partial charge in [0.05, 0.1) is 10.5 Å². The molecule has 0 unspecified atom stereocenters. The molecule has 0 amide bonds. The molecule has 0 aliphatic heterocycles. The second-order valence-corrected chi connectivity index (χ2v) is 4.64. The second kappa shape index (κ2) is 4.59. The molecule has 6 heteroatoms. The highest BCUT2D eigenvalue weighted by molar-refractivity contribution is 6.30. The van der Waals surface area contributed by atoms with Crippen molar-refractivity contribution < 1.29 is 18.9 Å². The molecule has 0 spiro atoms. The maximum Gasteiger partial charge on any atom is 0.276 e. The van der Waals surface area contributed by atoms with Crippen LogP contribution in [0, 0.1) is 15.9 Å². The van der Waals surface area contributed by atoms with Gasteiger partial charge in [-0.15, -0.1) is 0 Å². The zero-order valence-electron chi connectivity index (χ0n) is 10.6. The highest BCUT2D eigenvalue weighted by Gasteiger charge is 2.43. The van der Waals surface area contributed by atoms with Crippen molar-refractivity contribution in [3.63, 3.8) is 0 Å². The summed E-state index contributed by atoms with van der Waals surface area (Å²) in [6.07, 6.45) is 0. The van der Waals surface area contributed by atoms with Crippen LogP contribution in [0.5, 0.6) is 0 Å². The molecule has 0 saturated carbocycles. The molecule has 0 heterocycles. The molecule has 0 bridgehead atoms. The van der Waals surface area contributed by atoms with Gasteiger partial charge in [-0.05, 0) is 6.07 Å². The van der Waals surface area contributed by atoms with E-state index < -0.39 is 39.5 Å². The van der Waals surface area contributed by atoms with Crippen LogP contribution < -0.4 is 0 Å². The predicted octanol–water partition coefficient (Wildman–Crippen LogP) is 2.90. The third kappa shape index (κ3) is 1.84. The lowest BCUT2D eigenvalue weighted by atomic mass is 9.92. The molecule has 0 radical (unpaired) electrons. The summed E-state index contributed by atoms with van der Waals surface area (Å²) in [4.78, 5) is 34.9. The normalized spacial score (nSPS) is 14.3. The molecule has 0 fully saturated rings. The van der Waals surface area contributed by atoms with Crippen LogP contribution in [0.1, 0.15) is 32.2 Å². The predicted molar refractivity (Wildman–Crippen MR) is 70.9 cm³/mol. The van der Waals surface area contributed by atoms with Gasteiger partial charge in [0.15, 0.2) is 11.6 Å². The Kier molecular flexibility index (Phi) is 2.86. The fourth-order valence-electron chi connectivity index (χ4n) is 2.58. The molecule has 0 N–H and O–H groups in total. The van der Waals surface area contributed by atoms with Gasteiger partial charge in [0.25, 0.3) is 5.69 Å². The van der Waals surface area contributed by atoms with E-state index in [-0.39, 0.29) is 11.1 Å². The fourth-order valence-corrected chi connectivity index (χ4v) is 2.58. The third-order valence-corrected chi connectivity index (χ3v) is 3.50. The van der Waals surface area contributed by atoms with Gasteiger partial charge in [-0.2, -0.15) is 0 Å². The number of rotatable bonds is 2. The summed E-state index contributed by atoms with van der Waals surface area (Å²) in [6, 6.07) is 9.36. The number of nitro benzene ring substituents is 1. The zero-order chi connectivity index (χ0) is 15.1. The summed E-state index contributed by atoms with van der Waals surface area (Å²) in [6.45, 7) is 0. The molecule has 3 rings (SSSR count). The Hall–Kier alpha value is -2.89. The van der Waals surface area contributed by atoms with Crippen molar-refractivity contribution in [3.05, 3.63) is 75.1 Å². The number of nitro groups is 1. The summed E-state index contributed by atoms with van der Waals surface area (Å²) in [7, 11) is 0. The first-order valence-electron chi connectivity index (χ1n) is 6.12. The minimum absolute atomic E-state index is 0.171. The second-order valence-electron chi connectivity index (χ2n) is 4.64. The smallest absolute Gasteiger partial charge is 0.276 e. The number of Topliss-reactive ketones (excluding diaryl/α,β-unsaturated/α-hetero) is 2. The molecule has 0 aromatic heterocycles. The van der Waals surface area contributed by atoms with Gasteiger partial charge < -0.3 is 0 Å². The van der Waals surface area contributed by atoms with Gasteiger partial charge in [0, 0.05) is 17.2 Å². The van der Waals surface area contributed by atoms with E-state index >= 15 is 0 Å². The number of benzene rings is 2. The number of fused-ring (bicyclic) bond motifs is 1. The molecule has 2 aromatic rings. The topological polar surface area (TPSA) is 77.3 Å². The number of halogens is 1. The number of ketones is 2. The summed E-state index contributed by atoms with van der Waals surface area (Å²) in [5, 5.41) is 11.0. The van der Waals surface area contributed by atoms with Crippen molar-refractivity contribution in [2.24, 2.45) is 0 Å². The zero-order valence-corrected chi connectivity index (χ0v) is 10.6. The van der Waals surface area contributed by atoms with Crippen LogP contribution in [0.3, 0.4) is 0 Å². The highest BCUT2D eigenvalue weighted by atomic mass is 19.1. The monoisotopic (exact) mass is 285 g/mol. The van der Waals surface area contributed by atoms with Crippen molar-refractivity contribution in [1.29, 1.82) is 0 Å². The van der Waals surface area contributed by atoms with Crippen molar-refractivity contribution in [2.75, 3.05) is 0 Å². The van der Waals surface area contributed by atoms with Gasteiger partial charge in [-0.1, -0.05) is 30.3 Å². The molecular weight excluding hydrogens is 277 g/mol. The van der Waals surface area contributed by atoms with Crippen molar-refractivity contribution >= 4 is 17.3 Å². The van der Waals surface area contributed by atoms with Crippen LogP contribution in [0.15, 0.2) is 42.5 Å². The Morgan fingerprint density at radius 3 is 2.05 bits per heavy atom. The summed E-state index contributed by atoms with van der Waals surface area (Å²) < 4.78 is 14.0. The largest absolute Gasteiger partial charge is 0.293 e. The maximum absolute atomic E-state index is 14.0. The molecule has 1 aliphatic carbocycles.